The highest BCUT2D eigenvalue weighted by molar-refractivity contribution is 7.15. The summed E-state index contributed by atoms with van der Waals surface area (Å²) in [5.41, 5.74) is 0. The first-order chi connectivity index (χ1) is 7.57. The number of anilines is 1. The third-order valence-electron chi connectivity index (χ3n) is 2.27. The van der Waals surface area contributed by atoms with Gasteiger partial charge in [-0.2, -0.15) is 13.2 Å². The van der Waals surface area contributed by atoms with Gasteiger partial charge in [0.15, 0.2) is 0 Å². The summed E-state index contributed by atoms with van der Waals surface area (Å²) >= 11 is 0.607. The van der Waals surface area contributed by atoms with Crippen LogP contribution in [0.4, 0.5) is 18.3 Å². The van der Waals surface area contributed by atoms with Gasteiger partial charge >= 0.3 is 6.18 Å². The molecule has 1 aromatic rings. The third-order valence-corrected chi connectivity index (χ3v) is 3.30. The van der Waals surface area contributed by atoms with E-state index >= 15 is 0 Å². The lowest BCUT2D eigenvalue weighted by molar-refractivity contribution is -0.138. The highest BCUT2D eigenvalue weighted by atomic mass is 32.1. The monoisotopic (exact) mass is 252 g/mol. The summed E-state index contributed by atoms with van der Waals surface area (Å²) in [6.07, 6.45) is -3.49. The predicted octanol–water partition coefficient (Wildman–Crippen LogP) is 1.36. The van der Waals surface area contributed by atoms with Crippen LogP contribution < -0.4 is 10.2 Å². The van der Waals surface area contributed by atoms with E-state index in [0.29, 0.717) is 23.0 Å². The summed E-state index contributed by atoms with van der Waals surface area (Å²) in [5.74, 6) is 0. The third kappa shape index (κ3) is 2.62. The van der Waals surface area contributed by atoms with Crippen molar-refractivity contribution >= 4 is 16.5 Å². The lowest BCUT2D eigenvalue weighted by Crippen LogP contribution is -2.27. The van der Waals surface area contributed by atoms with E-state index in [-0.39, 0.29) is 0 Å². The molecule has 2 rings (SSSR count). The van der Waals surface area contributed by atoms with Crippen molar-refractivity contribution in [2.45, 2.75) is 12.6 Å². The Balaban J connectivity index is 2.11. The molecular formula is C8H11F3N4S. The fraction of sp³-hybridized carbons (Fsp3) is 0.750. The minimum atomic E-state index is -4.39. The Morgan fingerprint density at radius 3 is 2.69 bits per heavy atom. The Morgan fingerprint density at radius 2 is 2.00 bits per heavy atom. The highest BCUT2D eigenvalue weighted by Gasteiger charge is 2.36. The molecule has 1 aliphatic rings. The normalized spacial score (nSPS) is 18.6. The summed E-state index contributed by atoms with van der Waals surface area (Å²) in [6, 6.07) is 0. The Bertz CT molecular complexity index is 343. The zero-order valence-electron chi connectivity index (χ0n) is 8.42. The average molecular weight is 252 g/mol. The average Bonchev–Trinajstić information content (AvgIpc) is 2.55. The van der Waals surface area contributed by atoms with E-state index in [2.05, 4.69) is 15.5 Å². The first kappa shape index (κ1) is 11.6. The van der Waals surface area contributed by atoms with Crippen LogP contribution in [0.1, 0.15) is 11.4 Å². The summed E-state index contributed by atoms with van der Waals surface area (Å²) in [4.78, 5) is 1.84. The largest absolute Gasteiger partial charge is 0.445 e. The van der Waals surface area contributed by atoms with Crippen LogP contribution in [-0.4, -0.2) is 36.4 Å². The molecule has 0 atom stereocenters. The lowest BCUT2D eigenvalue weighted by atomic mass is 10.4. The van der Waals surface area contributed by atoms with Crippen LogP contribution in [0.3, 0.4) is 0 Å². The molecule has 0 amide bonds. The summed E-state index contributed by atoms with van der Waals surface area (Å²) in [7, 11) is 0. The standard InChI is InChI=1S/C8H11F3N4S/c9-8(10,11)6-13-14-7(16-6)15-4-1-2-12-3-5-15/h12H,1-5H2. The number of halogens is 3. The summed E-state index contributed by atoms with van der Waals surface area (Å²) in [6.45, 7) is 3.05. The molecule has 0 bridgehead atoms. The van der Waals surface area contributed by atoms with E-state index in [9.17, 15) is 13.2 Å². The van der Waals surface area contributed by atoms with Crippen molar-refractivity contribution in [3.05, 3.63) is 5.01 Å². The number of aromatic nitrogens is 2. The maximum atomic E-state index is 12.3. The van der Waals surface area contributed by atoms with E-state index in [1.165, 1.54) is 0 Å². The molecule has 0 aliphatic carbocycles. The number of rotatable bonds is 1. The van der Waals surface area contributed by atoms with E-state index in [4.69, 9.17) is 0 Å². The van der Waals surface area contributed by atoms with Gasteiger partial charge in [0.1, 0.15) is 0 Å². The molecule has 0 aromatic carbocycles. The van der Waals surface area contributed by atoms with Crippen LogP contribution in [0.25, 0.3) is 0 Å². The van der Waals surface area contributed by atoms with Gasteiger partial charge in [0.25, 0.3) is 0 Å². The lowest BCUT2D eigenvalue weighted by Gasteiger charge is -2.17. The molecule has 0 spiro atoms. The van der Waals surface area contributed by atoms with Crippen molar-refractivity contribution in [3.63, 3.8) is 0 Å². The van der Waals surface area contributed by atoms with E-state index in [1.54, 1.807) is 0 Å². The number of nitrogens with zero attached hydrogens (tertiary/aromatic N) is 3. The van der Waals surface area contributed by atoms with Crippen LogP contribution in [0.5, 0.6) is 0 Å². The van der Waals surface area contributed by atoms with Gasteiger partial charge in [-0.15, -0.1) is 10.2 Å². The van der Waals surface area contributed by atoms with Crippen molar-refractivity contribution in [3.8, 4) is 0 Å². The summed E-state index contributed by atoms with van der Waals surface area (Å²) in [5, 5.41) is 9.43. The minimum Gasteiger partial charge on any atom is -0.345 e. The van der Waals surface area contributed by atoms with Gasteiger partial charge in [-0.25, -0.2) is 0 Å². The van der Waals surface area contributed by atoms with Gasteiger partial charge in [-0.1, -0.05) is 11.3 Å². The van der Waals surface area contributed by atoms with Gasteiger partial charge in [-0.3, -0.25) is 0 Å². The van der Waals surface area contributed by atoms with Crippen molar-refractivity contribution in [2.24, 2.45) is 0 Å². The Morgan fingerprint density at radius 1 is 1.19 bits per heavy atom. The van der Waals surface area contributed by atoms with Gasteiger partial charge in [0, 0.05) is 19.6 Å². The molecule has 1 aromatic heterocycles. The molecule has 1 saturated heterocycles. The number of nitrogens with one attached hydrogen (secondary N) is 1. The molecule has 1 fully saturated rings. The maximum Gasteiger partial charge on any atom is 0.445 e. The first-order valence-corrected chi connectivity index (χ1v) is 5.75. The van der Waals surface area contributed by atoms with Crippen molar-refractivity contribution in [1.29, 1.82) is 0 Å². The van der Waals surface area contributed by atoms with Crippen molar-refractivity contribution in [2.75, 3.05) is 31.1 Å². The fourth-order valence-corrected chi connectivity index (χ4v) is 2.26. The molecule has 4 nitrogen and oxygen atoms in total. The molecule has 0 unspecified atom stereocenters. The van der Waals surface area contributed by atoms with Crippen LogP contribution in [0.15, 0.2) is 0 Å². The predicted molar refractivity (Wildman–Crippen MR) is 54.6 cm³/mol. The molecule has 8 heteroatoms. The number of hydrogen-bond donors (Lipinski definition) is 1. The molecule has 2 heterocycles. The summed E-state index contributed by atoms with van der Waals surface area (Å²) < 4.78 is 37.0. The molecule has 16 heavy (non-hydrogen) atoms. The molecule has 0 saturated carbocycles. The van der Waals surface area contributed by atoms with Gasteiger partial charge in [0.2, 0.25) is 10.1 Å². The van der Waals surface area contributed by atoms with Gasteiger partial charge in [0.05, 0.1) is 0 Å². The Kier molecular flexibility index (Phi) is 3.29. The highest BCUT2D eigenvalue weighted by Crippen LogP contribution is 2.34. The van der Waals surface area contributed by atoms with E-state index < -0.39 is 11.2 Å². The zero-order chi connectivity index (χ0) is 11.6. The molecule has 1 N–H and O–H groups in total. The second-order valence-electron chi connectivity index (χ2n) is 3.48. The van der Waals surface area contributed by atoms with Crippen molar-refractivity contribution in [1.82, 2.24) is 15.5 Å². The molecular weight excluding hydrogens is 241 g/mol. The second kappa shape index (κ2) is 4.54. The Hall–Kier alpha value is -0.890. The first-order valence-electron chi connectivity index (χ1n) is 4.94. The van der Waals surface area contributed by atoms with Crippen molar-refractivity contribution < 1.29 is 13.2 Å². The molecule has 0 radical (unpaired) electrons. The maximum absolute atomic E-state index is 12.3. The Labute approximate surface area is 94.5 Å². The molecule has 1 aliphatic heterocycles. The van der Waals surface area contributed by atoms with E-state index in [1.807, 2.05) is 4.90 Å². The SMILES string of the molecule is FC(F)(F)c1nnc(N2CCCNCC2)s1. The van der Waals surface area contributed by atoms with Crippen LogP contribution >= 0.6 is 11.3 Å². The van der Waals surface area contributed by atoms with Crippen LogP contribution in [-0.2, 0) is 6.18 Å². The quantitative estimate of drug-likeness (QED) is 0.819. The smallest absolute Gasteiger partial charge is 0.345 e. The van der Waals surface area contributed by atoms with E-state index in [0.717, 1.165) is 26.1 Å². The minimum absolute atomic E-state index is 0.357. The van der Waals surface area contributed by atoms with Crippen LogP contribution in [0.2, 0.25) is 0 Å². The molecule has 90 valence electrons. The number of alkyl halides is 3. The van der Waals surface area contributed by atoms with Gasteiger partial charge in [-0.05, 0) is 13.0 Å². The fourth-order valence-electron chi connectivity index (χ4n) is 1.49. The second-order valence-corrected chi connectivity index (χ2v) is 4.43. The number of hydrogen-bond acceptors (Lipinski definition) is 5. The topological polar surface area (TPSA) is 41.1 Å². The zero-order valence-corrected chi connectivity index (χ0v) is 9.24. The van der Waals surface area contributed by atoms with Gasteiger partial charge < -0.3 is 10.2 Å². The van der Waals surface area contributed by atoms with Crippen LogP contribution in [0, 0.1) is 0 Å².